The molecule has 0 aliphatic carbocycles. The first-order valence-electron chi connectivity index (χ1n) is 7.47. The third kappa shape index (κ3) is 5.26. The van der Waals surface area contributed by atoms with Gasteiger partial charge < -0.3 is 10.0 Å². The molecule has 0 fully saturated rings. The highest BCUT2D eigenvalue weighted by Gasteiger charge is 2.18. The Hall–Kier alpha value is -1.11. The molecule has 0 atom stereocenters. The van der Waals surface area contributed by atoms with E-state index in [-0.39, 0.29) is 16.9 Å². The molecule has 0 aliphatic heterocycles. The van der Waals surface area contributed by atoms with Crippen LogP contribution in [-0.4, -0.2) is 40.8 Å². The average Bonchev–Trinajstić information content (AvgIpc) is 2.43. The molecule has 6 heteroatoms. The van der Waals surface area contributed by atoms with Gasteiger partial charge >= 0.3 is 0 Å². The number of aliphatic hydroxyl groups excluding tert-OH is 1. The summed E-state index contributed by atoms with van der Waals surface area (Å²) in [5.74, 6) is 0. The second kappa shape index (κ2) is 7.44. The second-order valence-electron chi connectivity index (χ2n) is 6.67. The Labute approximate surface area is 134 Å². The maximum Gasteiger partial charge on any atom is 0.240 e. The lowest BCUT2D eigenvalue weighted by Crippen LogP contribution is -2.27. The van der Waals surface area contributed by atoms with Crippen molar-refractivity contribution in [1.82, 2.24) is 4.72 Å². The van der Waals surface area contributed by atoms with Gasteiger partial charge in [-0.1, -0.05) is 19.9 Å². The van der Waals surface area contributed by atoms with Gasteiger partial charge in [0.1, 0.15) is 0 Å². The molecule has 0 spiro atoms. The van der Waals surface area contributed by atoms with Crippen LogP contribution in [0.2, 0.25) is 0 Å². The highest BCUT2D eigenvalue weighted by Crippen LogP contribution is 2.23. The van der Waals surface area contributed by atoms with Crippen LogP contribution in [0.4, 0.5) is 5.69 Å². The molecule has 0 radical (unpaired) electrons. The van der Waals surface area contributed by atoms with Crippen LogP contribution in [0.15, 0.2) is 23.1 Å². The first kappa shape index (κ1) is 18.9. The monoisotopic (exact) mass is 328 g/mol. The van der Waals surface area contributed by atoms with Gasteiger partial charge in [0.2, 0.25) is 10.0 Å². The second-order valence-corrected chi connectivity index (χ2v) is 8.43. The number of hydrogen-bond donors (Lipinski definition) is 2. The maximum atomic E-state index is 12.3. The summed E-state index contributed by atoms with van der Waals surface area (Å²) in [5.41, 5.74) is 1.76. The summed E-state index contributed by atoms with van der Waals surface area (Å²) in [6.45, 7) is 6.35. The van der Waals surface area contributed by atoms with Crippen molar-refractivity contribution in [2.45, 2.75) is 38.5 Å². The lowest BCUT2D eigenvalue weighted by atomic mass is 9.89. The van der Waals surface area contributed by atoms with Crippen molar-refractivity contribution < 1.29 is 13.5 Å². The number of benzene rings is 1. The molecule has 22 heavy (non-hydrogen) atoms. The smallest absolute Gasteiger partial charge is 0.240 e. The minimum atomic E-state index is -3.50. The van der Waals surface area contributed by atoms with Gasteiger partial charge in [-0.2, -0.15) is 0 Å². The number of rotatable bonds is 8. The van der Waals surface area contributed by atoms with Crippen LogP contribution in [0.1, 0.15) is 32.3 Å². The molecule has 0 unspecified atom stereocenters. The molecule has 1 rings (SSSR count). The number of anilines is 1. The Morgan fingerprint density at radius 3 is 2.45 bits per heavy atom. The topological polar surface area (TPSA) is 69.6 Å². The summed E-state index contributed by atoms with van der Waals surface area (Å²) >= 11 is 0. The van der Waals surface area contributed by atoms with Crippen molar-refractivity contribution in [3.05, 3.63) is 23.8 Å². The summed E-state index contributed by atoms with van der Waals surface area (Å²) in [7, 11) is 0.287. The number of aliphatic hydroxyl groups is 1. The fourth-order valence-electron chi connectivity index (χ4n) is 2.17. The van der Waals surface area contributed by atoms with Gasteiger partial charge in [-0.15, -0.1) is 0 Å². The van der Waals surface area contributed by atoms with Crippen LogP contribution in [0.3, 0.4) is 0 Å². The third-order valence-electron chi connectivity index (χ3n) is 3.72. The molecular formula is C16H28N2O3S. The van der Waals surface area contributed by atoms with Crippen molar-refractivity contribution in [1.29, 1.82) is 0 Å². The van der Waals surface area contributed by atoms with Crippen LogP contribution in [-0.2, 0) is 10.0 Å². The summed E-state index contributed by atoms with van der Waals surface area (Å²) in [6, 6.07) is 5.14. The molecule has 5 nitrogen and oxygen atoms in total. The molecule has 0 saturated heterocycles. The van der Waals surface area contributed by atoms with Gasteiger partial charge in [0.05, 0.1) is 4.90 Å². The number of sulfonamides is 1. The van der Waals surface area contributed by atoms with Crippen LogP contribution >= 0.6 is 0 Å². The number of nitrogens with one attached hydrogen (secondary N) is 1. The van der Waals surface area contributed by atoms with Crippen molar-refractivity contribution >= 4 is 15.7 Å². The van der Waals surface area contributed by atoms with E-state index in [0.29, 0.717) is 13.0 Å². The van der Waals surface area contributed by atoms with E-state index in [4.69, 9.17) is 0 Å². The van der Waals surface area contributed by atoms with Crippen molar-refractivity contribution in [3.8, 4) is 0 Å². The lowest BCUT2D eigenvalue weighted by molar-refractivity contribution is 0.148. The third-order valence-corrected chi connectivity index (χ3v) is 5.18. The summed E-state index contributed by atoms with van der Waals surface area (Å²) in [5, 5.41) is 9.20. The standard InChI is InChI=1S/C16H28N2O3S/c1-13-7-8-14(11-15(13)18(4)5)22(20,21)17-10-6-9-16(2,3)12-19/h7-8,11,17,19H,6,9-10,12H2,1-5H3. The van der Waals surface area contributed by atoms with E-state index in [0.717, 1.165) is 17.7 Å². The number of nitrogens with zero attached hydrogens (tertiary/aromatic N) is 1. The molecule has 0 aromatic heterocycles. The molecule has 0 bridgehead atoms. The van der Waals surface area contributed by atoms with Gasteiger partial charge in [0.15, 0.2) is 0 Å². The molecule has 1 aromatic carbocycles. The zero-order valence-electron chi connectivity index (χ0n) is 14.2. The minimum absolute atomic E-state index is 0.101. The van der Waals surface area contributed by atoms with Crippen molar-refractivity contribution in [2.24, 2.45) is 5.41 Å². The summed E-state index contributed by atoms with van der Waals surface area (Å²) in [6.07, 6.45) is 1.46. The average molecular weight is 328 g/mol. The van der Waals surface area contributed by atoms with E-state index in [1.165, 1.54) is 0 Å². The molecule has 126 valence electrons. The Balaban J connectivity index is 2.73. The van der Waals surface area contributed by atoms with Crippen LogP contribution in [0.25, 0.3) is 0 Å². The van der Waals surface area contributed by atoms with Gasteiger partial charge in [0.25, 0.3) is 0 Å². The largest absolute Gasteiger partial charge is 0.396 e. The van der Waals surface area contributed by atoms with Crippen molar-refractivity contribution in [2.75, 3.05) is 32.1 Å². The molecular weight excluding hydrogens is 300 g/mol. The summed E-state index contributed by atoms with van der Waals surface area (Å²) < 4.78 is 27.3. The predicted molar refractivity (Wildman–Crippen MR) is 90.8 cm³/mol. The number of aryl methyl sites for hydroxylation is 1. The Bertz CT molecular complexity index is 595. The minimum Gasteiger partial charge on any atom is -0.396 e. The van der Waals surface area contributed by atoms with E-state index < -0.39 is 10.0 Å². The Kier molecular flexibility index (Phi) is 6.40. The normalized spacial score (nSPS) is 12.5. The van der Waals surface area contributed by atoms with Gasteiger partial charge in [-0.3, -0.25) is 0 Å². The van der Waals surface area contributed by atoms with Gasteiger partial charge in [0, 0.05) is 32.9 Å². The quantitative estimate of drug-likeness (QED) is 0.717. The molecule has 0 saturated carbocycles. The predicted octanol–water partition coefficient (Wildman–Crippen LogP) is 2.14. The molecule has 2 N–H and O–H groups in total. The maximum absolute atomic E-state index is 12.3. The van der Waals surface area contributed by atoms with E-state index >= 15 is 0 Å². The van der Waals surface area contributed by atoms with E-state index in [1.54, 1.807) is 12.1 Å². The lowest BCUT2D eigenvalue weighted by Gasteiger charge is -2.21. The zero-order valence-corrected chi connectivity index (χ0v) is 15.0. The van der Waals surface area contributed by atoms with E-state index in [2.05, 4.69) is 4.72 Å². The first-order chi connectivity index (χ1) is 10.1. The summed E-state index contributed by atoms with van der Waals surface area (Å²) in [4.78, 5) is 2.18. The first-order valence-corrected chi connectivity index (χ1v) is 8.96. The van der Waals surface area contributed by atoms with Crippen LogP contribution < -0.4 is 9.62 Å². The molecule has 1 aromatic rings. The SMILES string of the molecule is Cc1ccc(S(=O)(=O)NCCCC(C)(C)CO)cc1N(C)C. The molecule has 0 amide bonds. The zero-order chi connectivity index (χ0) is 17.0. The highest BCUT2D eigenvalue weighted by atomic mass is 32.2. The number of hydrogen-bond acceptors (Lipinski definition) is 4. The fourth-order valence-corrected chi connectivity index (χ4v) is 3.27. The van der Waals surface area contributed by atoms with Crippen LogP contribution in [0.5, 0.6) is 0 Å². The highest BCUT2D eigenvalue weighted by molar-refractivity contribution is 7.89. The van der Waals surface area contributed by atoms with Gasteiger partial charge in [-0.05, 0) is 42.9 Å². The molecule has 0 aliphatic rings. The Morgan fingerprint density at radius 1 is 1.27 bits per heavy atom. The van der Waals surface area contributed by atoms with Gasteiger partial charge in [-0.25, -0.2) is 13.1 Å². The van der Waals surface area contributed by atoms with Crippen LogP contribution in [0, 0.1) is 12.3 Å². The van der Waals surface area contributed by atoms with E-state index in [1.807, 2.05) is 45.8 Å². The molecule has 0 heterocycles. The van der Waals surface area contributed by atoms with E-state index in [9.17, 15) is 13.5 Å². The Morgan fingerprint density at radius 2 is 1.91 bits per heavy atom. The van der Waals surface area contributed by atoms with Crippen molar-refractivity contribution in [3.63, 3.8) is 0 Å². The fraction of sp³-hybridized carbons (Fsp3) is 0.625.